The van der Waals surface area contributed by atoms with Crippen molar-refractivity contribution >= 4 is 39.9 Å². The second-order valence-corrected chi connectivity index (χ2v) is 5.20. The first kappa shape index (κ1) is 12.6. The lowest BCUT2D eigenvalue weighted by Crippen LogP contribution is -2.08. The third-order valence-corrected chi connectivity index (χ3v) is 3.67. The number of carbonyl (C=O) groups excluding carboxylic acids is 1. The van der Waals surface area contributed by atoms with Crippen LogP contribution in [0, 0.1) is 0 Å². The largest absolute Gasteiger partial charge is 0.321 e. The highest BCUT2D eigenvalue weighted by Gasteiger charge is 2.03. The van der Waals surface area contributed by atoms with Gasteiger partial charge in [-0.05, 0) is 29.7 Å². The van der Waals surface area contributed by atoms with Crippen molar-refractivity contribution in [3.8, 4) is 0 Å². The lowest BCUT2D eigenvalue weighted by molar-refractivity contribution is -0.111. The number of amides is 1. The first-order valence-electron chi connectivity index (χ1n) is 6.19. The van der Waals surface area contributed by atoms with Crippen LogP contribution in [0.5, 0.6) is 0 Å². The highest BCUT2D eigenvalue weighted by Crippen LogP contribution is 2.20. The van der Waals surface area contributed by atoms with Gasteiger partial charge < -0.3 is 5.32 Å². The fourth-order valence-electron chi connectivity index (χ4n) is 1.92. The molecule has 0 spiro atoms. The highest BCUT2D eigenvalue weighted by atomic mass is 32.1. The molecule has 3 nitrogen and oxygen atoms in total. The van der Waals surface area contributed by atoms with E-state index in [1.54, 1.807) is 23.6 Å². The lowest BCUT2D eigenvalue weighted by atomic mass is 10.2. The number of hydrogen-bond acceptors (Lipinski definition) is 3. The summed E-state index contributed by atoms with van der Waals surface area (Å²) < 4.78 is 0. The molecule has 4 heteroatoms. The molecule has 0 fully saturated rings. The summed E-state index contributed by atoms with van der Waals surface area (Å²) in [6.07, 6.45) is 5.06. The average Bonchev–Trinajstić information content (AvgIpc) is 2.99. The lowest BCUT2D eigenvalue weighted by Gasteiger charge is -2.05. The minimum Gasteiger partial charge on any atom is -0.321 e. The number of hydrogen-bond donors (Lipinski definition) is 1. The van der Waals surface area contributed by atoms with Crippen molar-refractivity contribution in [3.63, 3.8) is 0 Å². The molecule has 0 unspecified atom stereocenters. The Morgan fingerprint density at radius 1 is 1.15 bits per heavy atom. The van der Waals surface area contributed by atoms with Crippen LogP contribution in [0.15, 0.2) is 60.1 Å². The number of fused-ring (bicyclic) bond motifs is 1. The molecule has 1 N–H and O–H groups in total. The molecule has 1 amide bonds. The number of nitrogens with zero attached hydrogens (tertiary/aromatic N) is 1. The second-order valence-electron chi connectivity index (χ2n) is 4.22. The summed E-state index contributed by atoms with van der Waals surface area (Å²) in [4.78, 5) is 17.3. The van der Waals surface area contributed by atoms with E-state index in [1.807, 2.05) is 47.8 Å². The minimum absolute atomic E-state index is 0.156. The van der Waals surface area contributed by atoms with Gasteiger partial charge in [-0.15, -0.1) is 11.3 Å². The van der Waals surface area contributed by atoms with Crippen molar-refractivity contribution in [2.75, 3.05) is 5.32 Å². The Kier molecular flexibility index (Phi) is 3.56. The van der Waals surface area contributed by atoms with E-state index in [9.17, 15) is 4.79 Å². The summed E-state index contributed by atoms with van der Waals surface area (Å²) in [5, 5.41) is 5.85. The summed E-state index contributed by atoms with van der Waals surface area (Å²) >= 11 is 1.59. The number of anilines is 1. The molecule has 0 aliphatic heterocycles. The fourth-order valence-corrected chi connectivity index (χ4v) is 2.54. The van der Waals surface area contributed by atoms with Gasteiger partial charge in [0.05, 0.1) is 11.2 Å². The van der Waals surface area contributed by atoms with Gasteiger partial charge >= 0.3 is 0 Å². The maximum Gasteiger partial charge on any atom is 0.248 e. The average molecular weight is 280 g/mol. The molecule has 0 radical (unpaired) electrons. The third kappa shape index (κ3) is 2.75. The zero-order valence-electron chi connectivity index (χ0n) is 10.6. The van der Waals surface area contributed by atoms with E-state index >= 15 is 0 Å². The monoisotopic (exact) mass is 280 g/mol. The standard InChI is InChI=1S/C16H12N2OS/c19-15(9-8-13-6-3-11-20-13)18-14-7-1-4-12-5-2-10-17-16(12)14/h1-11H,(H,18,19)/b9-8+. The zero-order valence-corrected chi connectivity index (χ0v) is 11.4. The predicted molar refractivity (Wildman–Crippen MR) is 83.7 cm³/mol. The molecule has 3 aromatic rings. The smallest absolute Gasteiger partial charge is 0.248 e. The summed E-state index contributed by atoms with van der Waals surface area (Å²) in [7, 11) is 0. The van der Waals surface area contributed by atoms with Gasteiger partial charge in [-0.1, -0.05) is 24.3 Å². The van der Waals surface area contributed by atoms with E-state index in [2.05, 4.69) is 10.3 Å². The summed E-state index contributed by atoms with van der Waals surface area (Å²) in [5.74, 6) is -0.156. The topological polar surface area (TPSA) is 42.0 Å². The van der Waals surface area contributed by atoms with Crippen LogP contribution in [0.4, 0.5) is 5.69 Å². The van der Waals surface area contributed by atoms with E-state index < -0.39 is 0 Å². The molecule has 0 bridgehead atoms. The number of benzene rings is 1. The van der Waals surface area contributed by atoms with Crippen LogP contribution in [0.2, 0.25) is 0 Å². The molecule has 0 atom stereocenters. The number of nitrogens with one attached hydrogen (secondary N) is 1. The van der Waals surface area contributed by atoms with Crippen molar-refractivity contribution in [2.24, 2.45) is 0 Å². The fraction of sp³-hybridized carbons (Fsp3) is 0. The molecule has 0 aliphatic carbocycles. The van der Waals surface area contributed by atoms with E-state index in [-0.39, 0.29) is 5.91 Å². The number of aromatic nitrogens is 1. The van der Waals surface area contributed by atoms with Crippen molar-refractivity contribution < 1.29 is 4.79 Å². The third-order valence-electron chi connectivity index (χ3n) is 2.83. The van der Waals surface area contributed by atoms with Gasteiger partial charge in [0.1, 0.15) is 0 Å². The number of carbonyl (C=O) groups is 1. The Labute approximate surface area is 120 Å². The molecular formula is C16H12N2OS. The minimum atomic E-state index is -0.156. The van der Waals surface area contributed by atoms with Crippen LogP contribution in [0.3, 0.4) is 0 Å². The Hall–Kier alpha value is -2.46. The Morgan fingerprint density at radius 3 is 2.90 bits per heavy atom. The summed E-state index contributed by atoms with van der Waals surface area (Å²) in [5.41, 5.74) is 1.52. The van der Waals surface area contributed by atoms with Crippen molar-refractivity contribution in [1.29, 1.82) is 0 Å². The van der Waals surface area contributed by atoms with Gasteiger partial charge in [-0.3, -0.25) is 9.78 Å². The summed E-state index contributed by atoms with van der Waals surface area (Å²) in [6.45, 7) is 0. The molecule has 0 saturated carbocycles. The van der Waals surface area contributed by atoms with Crippen LogP contribution in [0.1, 0.15) is 4.88 Å². The van der Waals surface area contributed by atoms with Gasteiger partial charge in [-0.25, -0.2) is 0 Å². The van der Waals surface area contributed by atoms with Gasteiger partial charge in [0.15, 0.2) is 0 Å². The zero-order chi connectivity index (χ0) is 13.8. The molecule has 2 aromatic heterocycles. The molecular weight excluding hydrogens is 268 g/mol. The van der Waals surface area contributed by atoms with Gasteiger partial charge in [-0.2, -0.15) is 0 Å². The molecule has 2 heterocycles. The van der Waals surface area contributed by atoms with Crippen molar-refractivity contribution in [1.82, 2.24) is 4.98 Å². The Balaban J connectivity index is 1.81. The maximum atomic E-state index is 11.9. The van der Waals surface area contributed by atoms with Crippen LogP contribution in [-0.2, 0) is 4.79 Å². The molecule has 3 rings (SSSR count). The van der Waals surface area contributed by atoms with Gasteiger partial charge in [0, 0.05) is 22.5 Å². The first-order valence-corrected chi connectivity index (χ1v) is 7.07. The second kappa shape index (κ2) is 5.67. The van der Waals surface area contributed by atoms with Crippen molar-refractivity contribution in [2.45, 2.75) is 0 Å². The normalized spacial score (nSPS) is 11.0. The SMILES string of the molecule is O=C(/C=C/c1cccs1)Nc1cccc2cccnc12. The number of rotatable bonds is 3. The van der Waals surface area contributed by atoms with E-state index in [4.69, 9.17) is 0 Å². The number of para-hydroxylation sites is 1. The molecule has 98 valence electrons. The van der Waals surface area contributed by atoms with E-state index in [0.29, 0.717) is 0 Å². The maximum absolute atomic E-state index is 11.9. The van der Waals surface area contributed by atoms with E-state index in [1.165, 1.54) is 6.08 Å². The molecule has 0 aliphatic rings. The van der Waals surface area contributed by atoms with Gasteiger partial charge in [0.2, 0.25) is 5.91 Å². The quantitative estimate of drug-likeness (QED) is 0.738. The van der Waals surface area contributed by atoms with Crippen LogP contribution >= 0.6 is 11.3 Å². The highest BCUT2D eigenvalue weighted by molar-refractivity contribution is 7.10. The predicted octanol–water partition coefficient (Wildman–Crippen LogP) is 3.95. The number of thiophene rings is 1. The molecule has 1 aromatic carbocycles. The molecule has 0 saturated heterocycles. The molecule has 20 heavy (non-hydrogen) atoms. The van der Waals surface area contributed by atoms with Crippen LogP contribution in [-0.4, -0.2) is 10.9 Å². The van der Waals surface area contributed by atoms with Crippen LogP contribution in [0.25, 0.3) is 17.0 Å². The summed E-state index contributed by atoms with van der Waals surface area (Å²) in [6, 6.07) is 13.5. The Morgan fingerprint density at radius 2 is 2.05 bits per heavy atom. The van der Waals surface area contributed by atoms with E-state index in [0.717, 1.165) is 21.5 Å². The number of pyridine rings is 1. The van der Waals surface area contributed by atoms with Gasteiger partial charge in [0.25, 0.3) is 0 Å². The van der Waals surface area contributed by atoms with Crippen LogP contribution < -0.4 is 5.32 Å². The first-order chi connectivity index (χ1) is 9.83. The Bertz CT molecular complexity index is 758. The van der Waals surface area contributed by atoms with Crippen molar-refractivity contribution in [3.05, 3.63) is 65.0 Å².